The van der Waals surface area contributed by atoms with Crippen LogP contribution in [-0.2, 0) is 52.1 Å². The third kappa shape index (κ3) is 8.02. The number of anilines is 1. The van der Waals surface area contributed by atoms with Crippen molar-refractivity contribution in [2.45, 2.75) is 54.9 Å². The minimum Gasteiger partial charge on any atom is -0.415 e. The maximum atomic E-state index is 16.5. The summed E-state index contributed by atoms with van der Waals surface area (Å²) in [7, 11) is -5.30. The van der Waals surface area contributed by atoms with Gasteiger partial charge in [-0.2, -0.15) is 0 Å². The zero-order valence-electron chi connectivity index (χ0n) is 26.5. The van der Waals surface area contributed by atoms with Crippen molar-refractivity contribution >= 4 is 71.8 Å². The van der Waals surface area contributed by atoms with Crippen molar-refractivity contribution in [2.24, 2.45) is 0 Å². The number of imide groups is 1. The number of amides is 2. The first-order valence-electron chi connectivity index (χ1n) is 15.2. The standard InChI is InChI=1S/C27H26ClF2N7O13P2S/c28-27(40)46-13-3-1-12(2-4-13)9-53-52(43)45-7-15-18(29)26(37(48-15)14-5-6-17(38)35-24(14)39)50-51(41,42)44-8-16-21(49-52)19(30)25(47-16)36-11-34-20-22(31)32-10-33-23(20)36/h1-6,10-11,14-16,18-19,21,25-26H,7-9H2,(H,41,42)(H2,31,32,33)(H,35,38,39)/t14-,15+,16+,18+,19+,21+,25+,26+,52?/m0/s1. The lowest BCUT2D eigenvalue weighted by Gasteiger charge is -2.30. The van der Waals surface area contributed by atoms with E-state index in [1.165, 1.54) is 24.3 Å². The molecule has 2 unspecified atom stereocenters. The Morgan fingerprint density at radius 3 is 2.57 bits per heavy atom. The fourth-order valence-electron chi connectivity index (χ4n) is 5.63. The molecule has 0 spiro atoms. The molecule has 53 heavy (non-hydrogen) atoms. The minimum atomic E-state index is -5.30. The average molecular weight is 824 g/mol. The molecule has 0 aliphatic carbocycles. The van der Waals surface area contributed by atoms with Crippen LogP contribution < -0.4 is 15.8 Å². The third-order valence-electron chi connectivity index (χ3n) is 8.08. The highest BCUT2D eigenvalue weighted by Crippen LogP contribution is 2.64. The van der Waals surface area contributed by atoms with Crippen LogP contribution in [0.2, 0.25) is 0 Å². The van der Waals surface area contributed by atoms with Crippen LogP contribution in [0.1, 0.15) is 11.8 Å². The molecule has 3 aromatic rings. The Balaban J connectivity index is 1.21. The molecule has 26 heteroatoms. The summed E-state index contributed by atoms with van der Waals surface area (Å²) >= 11 is 5.81. The van der Waals surface area contributed by atoms with E-state index in [1.807, 2.05) is 5.32 Å². The number of phosphoric acid groups is 1. The van der Waals surface area contributed by atoms with Crippen molar-refractivity contribution in [3.8, 4) is 5.75 Å². The van der Waals surface area contributed by atoms with Crippen LogP contribution in [0, 0.1) is 0 Å². The molecule has 1 aromatic carbocycles. The molecular weight excluding hydrogens is 798 g/mol. The summed E-state index contributed by atoms with van der Waals surface area (Å²) in [5, 5.41) is 2.58. The molecule has 4 N–H and O–H groups in total. The van der Waals surface area contributed by atoms with E-state index in [9.17, 15) is 28.4 Å². The van der Waals surface area contributed by atoms with Crippen molar-refractivity contribution in [3.05, 3.63) is 54.6 Å². The summed E-state index contributed by atoms with van der Waals surface area (Å²) in [4.78, 5) is 63.7. The number of nitrogens with zero attached hydrogens (tertiary/aromatic N) is 5. The van der Waals surface area contributed by atoms with Gasteiger partial charge in [0.25, 0.3) is 5.91 Å². The number of imidazole rings is 1. The molecule has 3 saturated heterocycles. The number of nitrogen functional groups attached to an aromatic ring is 1. The minimum absolute atomic E-state index is 0.0179. The van der Waals surface area contributed by atoms with Gasteiger partial charge in [0.2, 0.25) is 5.91 Å². The SMILES string of the molecule is Nc1ncnc2c1ncn2[C@@H]1O[C@@H]2COP(=O)(O)O[C@@H]3[C@H](F)[C@@H](COP(=O)(SCc4ccc(OC(=O)Cl)cc4)O[C@H]2[C@H]1F)ON3[C@H]1C=CC(=O)NC1=O. The Kier molecular flexibility index (Phi) is 10.7. The smallest absolute Gasteiger partial charge is 0.415 e. The van der Waals surface area contributed by atoms with E-state index in [4.69, 9.17) is 49.7 Å². The predicted octanol–water partition coefficient (Wildman–Crippen LogP) is 2.83. The third-order valence-corrected chi connectivity index (χ3v) is 12.8. The molecule has 284 valence electrons. The molecule has 3 fully saturated rings. The van der Waals surface area contributed by atoms with Crippen LogP contribution >= 0.6 is 37.6 Å². The topological polar surface area (TPSA) is 255 Å². The van der Waals surface area contributed by atoms with Gasteiger partial charge in [0, 0.05) is 23.4 Å². The second kappa shape index (κ2) is 15.0. The molecule has 4 aliphatic rings. The normalized spacial score (nSPS) is 35.2. The number of phosphoric ester groups is 1. The monoisotopic (exact) mass is 823 g/mol. The van der Waals surface area contributed by atoms with E-state index < -0.39 is 94.2 Å². The molecule has 2 aromatic heterocycles. The van der Waals surface area contributed by atoms with Crippen LogP contribution in [0.25, 0.3) is 11.2 Å². The Morgan fingerprint density at radius 1 is 1.08 bits per heavy atom. The summed E-state index contributed by atoms with van der Waals surface area (Å²) in [5.74, 6) is -1.79. The van der Waals surface area contributed by atoms with Gasteiger partial charge in [-0.15, -0.1) is 5.06 Å². The van der Waals surface area contributed by atoms with Crippen molar-refractivity contribution < 1.29 is 69.6 Å². The number of alkyl halides is 2. The second-order valence-corrected chi connectivity index (χ2v) is 17.3. The van der Waals surface area contributed by atoms with Gasteiger partial charge in [0.1, 0.15) is 41.9 Å². The number of nitrogens with two attached hydrogens (primary N) is 1. The molecule has 20 nitrogen and oxygen atoms in total. The number of carbonyl (C=O) groups excluding carboxylic acids is 3. The Bertz CT molecular complexity index is 2050. The first kappa shape index (κ1) is 37.9. The lowest BCUT2D eigenvalue weighted by Crippen LogP contribution is -2.52. The van der Waals surface area contributed by atoms with E-state index in [0.29, 0.717) is 22.0 Å². The fraction of sp³-hybridized carbons (Fsp3) is 0.407. The lowest BCUT2D eigenvalue weighted by atomic mass is 10.1. The maximum Gasteiger partial charge on any atom is 0.474 e. The highest BCUT2D eigenvalue weighted by atomic mass is 35.5. The van der Waals surface area contributed by atoms with Crippen LogP contribution in [0.15, 0.2) is 49.1 Å². The van der Waals surface area contributed by atoms with E-state index >= 15 is 8.78 Å². The van der Waals surface area contributed by atoms with Crippen LogP contribution in [-0.4, -0.2) is 103 Å². The number of fused-ring (bicyclic) bond motifs is 4. The van der Waals surface area contributed by atoms with E-state index in [-0.39, 0.29) is 28.5 Å². The largest absolute Gasteiger partial charge is 0.474 e. The van der Waals surface area contributed by atoms with Gasteiger partial charge >= 0.3 is 20.0 Å². The summed E-state index contributed by atoms with van der Waals surface area (Å²) in [6, 6.07) is 4.26. The summed E-state index contributed by atoms with van der Waals surface area (Å²) in [6.07, 6.45) is -9.18. The molecule has 2 amide bonds. The second-order valence-electron chi connectivity index (χ2n) is 11.5. The van der Waals surface area contributed by atoms with Gasteiger partial charge in [-0.05, 0) is 29.1 Å². The highest BCUT2D eigenvalue weighted by Gasteiger charge is 2.56. The Labute approximate surface area is 305 Å². The number of hydrogen-bond donors (Lipinski definition) is 3. The maximum absolute atomic E-state index is 16.5. The number of hydrogen-bond acceptors (Lipinski definition) is 18. The molecule has 7 rings (SSSR count). The molecule has 6 heterocycles. The zero-order chi connectivity index (χ0) is 37.7. The van der Waals surface area contributed by atoms with Crippen LogP contribution in [0.3, 0.4) is 0 Å². The van der Waals surface area contributed by atoms with Gasteiger partial charge in [-0.3, -0.25) is 42.4 Å². The number of benzene rings is 1. The number of ether oxygens (including phenoxy) is 2. The Morgan fingerprint density at radius 2 is 1.83 bits per heavy atom. The van der Waals surface area contributed by atoms with Gasteiger partial charge in [-0.25, -0.2) is 37.7 Å². The number of aromatic nitrogens is 4. The van der Waals surface area contributed by atoms with Gasteiger partial charge in [0.15, 0.2) is 36.3 Å². The van der Waals surface area contributed by atoms with Crippen molar-refractivity contribution in [2.75, 3.05) is 18.9 Å². The first-order valence-corrected chi connectivity index (χ1v) is 20.3. The van der Waals surface area contributed by atoms with Crippen LogP contribution in [0.4, 0.5) is 19.4 Å². The molecular formula is C27H26ClF2N7O13P2S. The van der Waals surface area contributed by atoms with E-state index in [2.05, 4.69) is 15.0 Å². The molecule has 2 bridgehead atoms. The van der Waals surface area contributed by atoms with E-state index in [0.717, 1.165) is 29.4 Å². The van der Waals surface area contributed by atoms with Gasteiger partial charge in [0.05, 0.1) is 19.5 Å². The van der Waals surface area contributed by atoms with Crippen molar-refractivity contribution in [1.29, 1.82) is 0 Å². The summed E-state index contributed by atoms with van der Waals surface area (Å²) in [5.41, 5.74) is 5.46. The summed E-state index contributed by atoms with van der Waals surface area (Å²) < 4.78 is 93.9. The highest BCUT2D eigenvalue weighted by molar-refractivity contribution is 8.54. The number of hydroxylamine groups is 2. The number of halogens is 3. The summed E-state index contributed by atoms with van der Waals surface area (Å²) in [6.45, 7) is -6.46. The lowest BCUT2D eigenvalue weighted by molar-refractivity contribution is -0.217. The zero-order valence-corrected chi connectivity index (χ0v) is 29.8. The fourth-order valence-corrected chi connectivity index (χ4v) is 9.98. The quantitative estimate of drug-likeness (QED) is 0.183. The number of carbonyl (C=O) groups is 3. The number of nitrogens with one attached hydrogen (secondary N) is 1. The van der Waals surface area contributed by atoms with E-state index in [1.54, 1.807) is 0 Å². The Hall–Kier alpha value is -3.44. The van der Waals surface area contributed by atoms with Gasteiger partial charge < -0.3 is 20.1 Å². The molecule has 0 saturated carbocycles. The average Bonchev–Trinajstić information content (AvgIpc) is 3.76. The molecule has 4 aliphatic heterocycles. The number of rotatable bonds is 6. The first-order chi connectivity index (χ1) is 25.2. The van der Waals surface area contributed by atoms with Gasteiger partial charge in [-0.1, -0.05) is 18.2 Å². The predicted molar refractivity (Wildman–Crippen MR) is 175 cm³/mol. The van der Waals surface area contributed by atoms with Crippen LogP contribution in [0.5, 0.6) is 5.75 Å². The van der Waals surface area contributed by atoms with Crippen molar-refractivity contribution in [1.82, 2.24) is 29.9 Å². The molecule has 10 atom stereocenters. The molecule has 0 radical (unpaired) electrons. The van der Waals surface area contributed by atoms with Crippen molar-refractivity contribution in [3.63, 3.8) is 0 Å².